The van der Waals surface area contributed by atoms with Crippen LogP contribution in [0.2, 0.25) is 0 Å². The van der Waals surface area contributed by atoms with E-state index in [9.17, 15) is 0 Å². The van der Waals surface area contributed by atoms with Crippen molar-refractivity contribution in [1.82, 2.24) is 0 Å². The maximum atomic E-state index is 5.54. The Morgan fingerprint density at radius 1 is 0.611 bits per heavy atom. The Balaban J connectivity index is 0. The minimum atomic E-state index is -1.45. The van der Waals surface area contributed by atoms with Crippen LogP contribution in [0, 0.1) is 0 Å². The topological polar surface area (TPSA) is 36.9 Å². The van der Waals surface area contributed by atoms with Gasteiger partial charge in [-0.2, -0.15) is 0 Å². The van der Waals surface area contributed by atoms with Gasteiger partial charge in [-0.15, -0.1) is 23.2 Å². The van der Waals surface area contributed by atoms with Gasteiger partial charge in [0.15, 0.2) is 0 Å². The fourth-order valence-electron chi connectivity index (χ4n) is 1.02. The summed E-state index contributed by atoms with van der Waals surface area (Å²) in [6.07, 6.45) is 0. The SMILES string of the molecule is CCO[SiH](CCl)OCC.CCO[SiH](CCl)OCC. The molecular formula is C10H26Cl2O4Si2. The monoisotopic (exact) mass is 336 g/mol. The van der Waals surface area contributed by atoms with E-state index in [1.54, 1.807) is 0 Å². The number of halogens is 2. The first kappa shape index (κ1) is 21.2. The number of hydrogen-bond donors (Lipinski definition) is 0. The highest BCUT2D eigenvalue weighted by atomic mass is 35.5. The predicted octanol–water partition coefficient (Wildman–Crippen LogP) is 2.12. The summed E-state index contributed by atoms with van der Waals surface area (Å²) in [6, 6.07) is 0. The largest absolute Gasteiger partial charge is 0.396 e. The van der Waals surface area contributed by atoms with E-state index >= 15 is 0 Å². The van der Waals surface area contributed by atoms with Crippen LogP contribution in [-0.2, 0) is 17.7 Å². The van der Waals surface area contributed by atoms with Crippen LogP contribution in [0.4, 0.5) is 0 Å². The van der Waals surface area contributed by atoms with Gasteiger partial charge in [0.05, 0.1) is 11.0 Å². The molecule has 0 bridgehead atoms. The lowest BCUT2D eigenvalue weighted by atomic mass is 10.9. The quantitative estimate of drug-likeness (QED) is 0.452. The fraction of sp³-hybridized carbons (Fsp3) is 1.00. The Labute approximate surface area is 125 Å². The van der Waals surface area contributed by atoms with E-state index in [4.69, 9.17) is 40.9 Å². The number of hydrogen-bond acceptors (Lipinski definition) is 4. The van der Waals surface area contributed by atoms with Crippen molar-refractivity contribution >= 4 is 41.8 Å². The van der Waals surface area contributed by atoms with Crippen molar-refractivity contribution < 1.29 is 17.7 Å². The molecule has 0 unspecified atom stereocenters. The molecule has 0 aromatic rings. The van der Waals surface area contributed by atoms with E-state index in [1.807, 2.05) is 27.7 Å². The molecule has 0 aliphatic carbocycles. The molecule has 112 valence electrons. The van der Waals surface area contributed by atoms with Crippen molar-refractivity contribution in [1.29, 1.82) is 0 Å². The zero-order valence-corrected chi connectivity index (χ0v) is 15.6. The van der Waals surface area contributed by atoms with Crippen molar-refractivity contribution in [3.63, 3.8) is 0 Å². The second kappa shape index (κ2) is 17.9. The van der Waals surface area contributed by atoms with Gasteiger partial charge < -0.3 is 17.7 Å². The first-order valence-electron chi connectivity index (χ1n) is 6.28. The van der Waals surface area contributed by atoms with Gasteiger partial charge in [-0.25, -0.2) is 0 Å². The minimum absolute atomic E-state index is 0.543. The Kier molecular flexibility index (Phi) is 21.0. The van der Waals surface area contributed by atoms with Crippen LogP contribution >= 0.6 is 23.2 Å². The third-order valence-electron chi connectivity index (χ3n) is 1.66. The van der Waals surface area contributed by atoms with Gasteiger partial charge >= 0.3 is 18.6 Å². The highest BCUT2D eigenvalue weighted by Crippen LogP contribution is 1.92. The summed E-state index contributed by atoms with van der Waals surface area (Å²) in [5, 5.41) is 0. The predicted molar refractivity (Wildman–Crippen MR) is 82.2 cm³/mol. The van der Waals surface area contributed by atoms with Crippen LogP contribution in [-0.4, -0.2) is 56.0 Å². The molecule has 0 fully saturated rings. The van der Waals surface area contributed by atoms with Crippen LogP contribution < -0.4 is 0 Å². The molecule has 0 aliphatic rings. The summed E-state index contributed by atoms with van der Waals surface area (Å²) in [7, 11) is -2.90. The average Bonchev–Trinajstić information content (AvgIpc) is 2.39. The Morgan fingerprint density at radius 3 is 0.944 bits per heavy atom. The molecule has 0 saturated heterocycles. The second-order valence-corrected chi connectivity index (χ2v) is 8.51. The summed E-state index contributed by atoms with van der Waals surface area (Å²) in [5.74, 6) is 0. The first-order valence-corrected chi connectivity index (χ1v) is 10.9. The second-order valence-electron chi connectivity index (χ2n) is 2.99. The molecular weight excluding hydrogens is 311 g/mol. The molecule has 0 spiro atoms. The van der Waals surface area contributed by atoms with Crippen LogP contribution in [0.1, 0.15) is 27.7 Å². The van der Waals surface area contributed by atoms with Gasteiger partial charge in [-0.1, -0.05) is 0 Å². The minimum Gasteiger partial charge on any atom is -0.396 e. The highest BCUT2D eigenvalue weighted by Gasteiger charge is 2.08. The van der Waals surface area contributed by atoms with Gasteiger partial charge in [0, 0.05) is 26.4 Å². The van der Waals surface area contributed by atoms with Crippen molar-refractivity contribution in [3.05, 3.63) is 0 Å². The van der Waals surface area contributed by atoms with Crippen molar-refractivity contribution in [2.75, 3.05) is 37.4 Å². The maximum absolute atomic E-state index is 5.54. The average molecular weight is 337 g/mol. The molecule has 0 rings (SSSR count). The fourth-order valence-corrected chi connectivity index (χ4v) is 4.12. The Bertz CT molecular complexity index is 130. The van der Waals surface area contributed by atoms with Crippen molar-refractivity contribution in [3.8, 4) is 0 Å². The zero-order valence-electron chi connectivity index (χ0n) is 11.8. The number of alkyl halides is 2. The van der Waals surface area contributed by atoms with E-state index in [0.717, 1.165) is 0 Å². The van der Waals surface area contributed by atoms with Gasteiger partial charge in [0.2, 0.25) is 0 Å². The van der Waals surface area contributed by atoms with Gasteiger partial charge in [-0.05, 0) is 27.7 Å². The third kappa shape index (κ3) is 14.9. The lowest BCUT2D eigenvalue weighted by Crippen LogP contribution is -2.25. The normalized spacial score (nSPS) is 10.7. The lowest BCUT2D eigenvalue weighted by Gasteiger charge is -2.10. The number of rotatable bonds is 10. The summed E-state index contributed by atoms with van der Waals surface area (Å²) in [4.78, 5) is 0. The van der Waals surface area contributed by atoms with Crippen LogP contribution in [0.5, 0.6) is 0 Å². The van der Waals surface area contributed by atoms with Crippen molar-refractivity contribution in [2.45, 2.75) is 27.7 Å². The van der Waals surface area contributed by atoms with E-state index < -0.39 is 18.6 Å². The van der Waals surface area contributed by atoms with E-state index in [2.05, 4.69) is 0 Å². The van der Waals surface area contributed by atoms with Gasteiger partial charge in [0.1, 0.15) is 0 Å². The first-order chi connectivity index (χ1) is 8.69. The van der Waals surface area contributed by atoms with Crippen LogP contribution in [0.3, 0.4) is 0 Å². The molecule has 8 heteroatoms. The van der Waals surface area contributed by atoms with E-state index in [0.29, 0.717) is 37.4 Å². The van der Waals surface area contributed by atoms with E-state index in [-0.39, 0.29) is 0 Å². The highest BCUT2D eigenvalue weighted by molar-refractivity contribution is 6.56. The van der Waals surface area contributed by atoms with Crippen LogP contribution in [0.15, 0.2) is 0 Å². The van der Waals surface area contributed by atoms with Gasteiger partial charge in [0.25, 0.3) is 0 Å². The molecule has 4 nitrogen and oxygen atoms in total. The Hall–Kier alpha value is 0.854. The molecule has 0 amide bonds. The Morgan fingerprint density at radius 2 is 0.833 bits per heavy atom. The zero-order chi connectivity index (χ0) is 14.2. The molecule has 0 N–H and O–H groups in total. The summed E-state index contributed by atoms with van der Waals surface area (Å²) >= 11 is 11.1. The molecule has 0 aromatic heterocycles. The molecule has 0 atom stereocenters. The standard InChI is InChI=1S/2C5H13ClO2Si/c2*1-3-7-9(5-6)8-4-2/h2*9H,3-5H2,1-2H3. The molecule has 0 heterocycles. The maximum Gasteiger partial charge on any atom is 0.336 e. The third-order valence-corrected chi connectivity index (χ3v) is 6.50. The van der Waals surface area contributed by atoms with Gasteiger partial charge in [-0.3, -0.25) is 0 Å². The summed E-state index contributed by atoms with van der Waals surface area (Å²) in [5.41, 5.74) is 1.09. The lowest BCUT2D eigenvalue weighted by molar-refractivity contribution is 0.218. The molecule has 18 heavy (non-hydrogen) atoms. The smallest absolute Gasteiger partial charge is 0.336 e. The molecule has 0 saturated carbocycles. The summed E-state index contributed by atoms with van der Waals surface area (Å²) in [6.45, 7) is 10.6. The van der Waals surface area contributed by atoms with Crippen LogP contribution in [0.25, 0.3) is 0 Å². The molecule has 0 radical (unpaired) electrons. The van der Waals surface area contributed by atoms with Crippen molar-refractivity contribution in [2.24, 2.45) is 0 Å². The molecule has 0 aliphatic heterocycles. The molecule has 0 aromatic carbocycles. The summed E-state index contributed by atoms with van der Waals surface area (Å²) < 4.78 is 20.9. The van der Waals surface area contributed by atoms with E-state index in [1.165, 1.54) is 0 Å².